The minimum absolute atomic E-state index is 0.0266. The molecule has 2 aromatic carbocycles. The summed E-state index contributed by atoms with van der Waals surface area (Å²) in [6.07, 6.45) is -6.42. The molecule has 3 rings (SSSR count). The van der Waals surface area contributed by atoms with Crippen molar-refractivity contribution in [1.82, 2.24) is 0 Å². The van der Waals surface area contributed by atoms with Crippen LogP contribution >= 0.6 is 0 Å². The summed E-state index contributed by atoms with van der Waals surface area (Å²) in [6.45, 7) is 1.41. The van der Waals surface area contributed by atoms with E-state index in [-0.39, 0.29) is 11.4 Å². The maximum atomic E-state index is 14.1. The second-order valence-corrected chi connectivity index (χ2v) is 6.54. The molecular weight excluding hydrogens is 408 g/mol. The summed E-state index contributed by atoms with van der Waals surface area (Å²) >= 11 is 0. The minimum Gasteiger partial charge on any atom is -0.371 e. The number of urea groups is 1. The topological polar surface area (TPSA) is 111 Å². The lowest BCUT2D eigenvalue weighted by Crippen LogP contribution is -2.35. The zero-order valence-electron chi connectivity index (χ0n) is 15.3. The number of primary amides is 1. The van der Waals surface area contributed by atoms with Crippen LogP contribution in [0.2, 0.25) is 0 Å². The van der Waals surface area contributed by atoms with E-state index in [0.29, 0.717) is 11.0 Å². The van der Waals surface area contributed by atoms with Crippen LogP contribution in [-0.2, 0) is 6.18 Å². The van der Waals surface area contributed by atoms with Crippen LogP contribution in [0, 0.1) is 17.1 Å². The van der Waals surface area contributed by atoms with E-state index in [0.717, 1.165) is 29.2 Å². The van der Waals surface area contributed by atoms with Gasteiger partial charge in [0.05, 0.1) is 28.8 Å². The quantitative estimate of drug-likeness (QED) is 0.741. The fraction of sp³-hybridized carbons (Fsp3) is 0.211. The number of aliphatic hydroxyl groups is 1. The molecular formula is C19H14F4N4O3. The minimum atomic E-state index is -4.85. The number of amides is 3. The van der Waals surface area contributed by atoms with Gasteiger partial charge in [0.2, 0.25) is 0 Å². The van der Waals surface area contributed by atoms with E-state index in [1.54, 1.807) is 0 Å². The molecule has 7 nitrogen and oxygen atoms in total. The van der Waals surface area contributed by atoms with Crippen LogP contribution in [0.3, 0.4) is 0 Å². The smallest absolute Gasteiger partial charge is 0.371 e. The van der Waals surface area contributed by atoms with Crippen LogP contribution in [0.15, 0.2) is 36.4 Å². The van der Waals surface area contributed by atoms with E-state index < -0.39 is 52.9 Å². The van der Waals surface area contributed by atoms with Crippen molar-refractivity contribution in [1.29, 1.82) is 5.26 Å². The Labute approximate surface area is 167 Å². The predicted molar refractivity (Wildman–Crippen MR) is 96.9 cm³/mol. The Hall–Kier alpha value is -3.65. The SMILES string of the molecule is CC1C(O)N(c2ccc(C#N)c(C(F)(F)F)c2)C(=O)N1c1ccc(C(N)=O)c(F)c1. The fourth-order valence-corrected chi connectivity index (χ4v) is 3.23. The maximum absolute atomic E-state index is 14.1. The molecule has 0 bridgehead atoms. The van der Waals surface area contributed by atoms with Gasteiger partial charge in [-0.1, -0.05) is 0 Å². The molecule has 0 saturated carbocycles. The summed E-state index contributed by atoms with van der Waals surface area (Å²) in [6, 6.07) is 5.28. The molecule has 1 heterocycles. The van der Waals surface area contributed by atoms with Crippen molar-refractivity contribution < 1.29 is 32.3 Å². The highest BCUT2D eigenvalue weighted by Gasteiger charge is 2.45. The van der Waals surface area contributed by atoms with Gasteiger partial charge < -0.3 is 10.8 Å². The number of benzene rings is 2. The monoisotopic (exact) mass is 422 g/mol. The first-order valence-electron chi connectivity index (χ1n) is 8.48. The number of aliphatic hydroxyl groups excluding tert-OH is 1. The van der Waals surface area contributed by atoms with Crippen molar-refractivity contribution in [2.75, 3.05) is 9.80 Å². The van der Waals surface area contributed by atoms with Gasteiger partial charge in [-0.15, -0.1) is 0 Å². The summed E-state index contributed by atoms with van der Waals surface area (Å²) in [7, 11) is 0. The van der Waals surface area contributed by atoms with Crippen LogP contribution in [0.5, 0.6) is 0 Å². The number of anilines is 2. The van der Waals surface area contributed by atoms with Gasteiger partial charge in [-0.2, -0.15) is 18.4 Å². The third-order valence-electron chi connectivity index (χ3n) is 4.72. The zero-order chi connectivity index (χ0) is 22.4. The lowest BCUT2D eigenvalue weighted by molar-refractivity contribution is -0.137. The Bertz CT molecular complexity index is 1080. The van der Waals surface area contributed by atoms with E-state index >= 15 is 0 Å². The van der Waals surface area contributed by atoms with Gasteiger partial charge in [0.25, 0.3) is 5.91 Å². The van der Waals surface area contributed by atoms with E-state index in [1.807, 2.05) is 0 Å². The van der Waals surface area contributed by atoms with Crippen LogP contribution in [0.25, 0.3) is 0 Å². The Morgan fingerprint density at radius 2 is 1.77 bits per heavy atom. The average Bonchev–Trinajstić information content (AvgIpc) is 2.89. The lowest BCUT2D eigenvalue weighted by atomic mass is 10.1. The van der Waals surface area contributed by atoms with Crippen molar-refractivity contribution in [2.24, 2.45) is 5.73 Å². The molecule has 1 aliphatic rings. The number of hydrogen-bond donors (Lipinski definition) is 2. The number of carbonyl (C=O) groups is 2. The summed E-state index contributed by atoms with van der Waals surface area (Å²) in [5.41, 5.74) is 2.43. The summed E-state index contributed by atoms with van der Waals surface area (Å²) in [5, 5.41) is 19.4. The van der Waals surface area contributed by atoms with Crippen molar-refractivity contribution in [3.8, 4) is 6.07 Å². The first kappa shape index (κ1) is 21.1. The summed E-state index contributed by atoms with van der Waals surface area (Å²) in [4.78, 5) is 25.8. The van der Waals surface area contributed by atoms with Gasteiger partial charge in [-0.25, -0.2) is 9.18 Å². The number of nitriles is 1. The van der Waals surface area contributed by atoms with E-state index in [4.69, 9.17) is 11.0 Å². The molecule has 0 radical (unpaired) electrons. The van der Waals surface area contributed by atoms with Crippen LogP contribution < -0.4 is 15.5 Å². The van der Waals surface area contributed by atoms with Gasteiger partial charge >= 0.3 is 12.2 Å². The molecule has 1 aliphatic heterocycles. The van der Waals surface area contributed by atoms with Crippen molar-refractivity contribution in [2.45, 2.75) is 25.4 Å². The van der Waals surface area contributed by atoms with E-state index in [2.05, 4.69) is 0 Å². The van der Waals surface area contributed by atoms with Gasteiger partial charge in [-0.3, -0.25) is 14.6 Å². The molecule has 0 aromatic heterocycles. The molecule has 3 N–H and O–H groups in total. The molecule has 156 valence electrons. The Morgan fingerprint density at radius 3 is 2.30 bits per heavy atom. The molecule has 2 unspecified atom stereocenters. The summed E-state index contributed by atoms with van der Waals surface area (Å²) in [5.74, 6) is -2.01. The Morgan fingerprint density at radius 1 is 1.17 bits per heavy atom. The molecule has 1 saturated heterocycles. The number of hydrogen-bond acceptors (Lipinski definition) is 4. The second kappa shape index (κ2) is 7.31. The molecule has 11 heteroatoms. The van der Waals surface area contributed by atoms with Crippen LogP contribution in [0.4, 0.5) is 33.7 Å². The lowest BCUT2D eigenvalue weighted by Gasteiger charge is -2.21. The maximum Gasteiger partial charge on any atom is 0.417 e. The highest BCUT2D eigenvalue weighted by atomic mass is 19.4. The highest BCUT2D eigenvalue weighted by molar-refractivity contribution is 6.07. The standard InChI is InChI=1S/C19H14F4N4O3/c1-9-17(29)27(11-3-2-10(8-24)14(6-11)19(21,22)23)18(30)26(9)12-4-5-13(16(25)28)15(20)7-12/h2-7,9,17,29H,1H3,(H2,25,28). The van der Waals surface area contributed by atoms with Gasteiger partial charge in [0.15, 0.2) is 6.23 Å². The highest BCUT2D eigenvalue weighted by Crippen LogP contribution is 2.38. The largest absolute Gasteiger partial charge is 0.417 e. The fourth-order valence-electron chi connectivity index (χ4n) is 3.23. The zero-order valence-corrected chi connectivity index (χ0v) is 15.3. The molecule has 0 spiro atoms. The Kier molecular flexibility index (Phi) is 5.13. The molecule has 3 amide bonds. The normalized spacial score (nSPS) is 19.2. The number of rotatable bonds is 3. The number of halogens is 4. The van der Waals surface area contributed by atoms with Gasteiger partial charge in [-0.05, 0) is 43.3 Å². The second-order valence-electron chi connectivity index (χ2n) is 6.54. The van der Waals surface area contributed by atoms with Crippen LogP contribution in [0.1, 0.15) is 28.4 Å². The average molecular weight is 422 g/mol. The molecule has 1 fully saturated rings. The van der Waals surface area contributed by atoms with E-state index in [9.17, 15) is 32.3 Å². The van der Waals surface area contributed by atoms with Gasteiger partial charge in [0.1, 0.15) is 5.82 Å². The third kappa shape index (κ3) is 3.42. The molecule has 2 aromatic rings. The number of nitrogens with two attached hydrogens (primary N) is 1. The number of nitrogens with zero attached hydrogens (tertiary/aromatic N) is 3. The third-order valence-corrected chi connectivity index (χ3v) is 4.72. The van der Waals surface area contributed by atoms with Crippen molar-refractivity contribution >= 4 is 23.3 Å². The summed E-state index contributed by atoms with van der Waals surface area (Å²) < 4.78 is 53.9. The van der Waals surface area contributed by atoms with E-state index in [1.165, 1.54) is 19.1 Å². The molecule has 30 heavy (non-hydrogen) atoms. The molecule has 0 aliphatic carbocycles. The van der Waals surface area contributed by atoms with Crippen molar-refractivity contribution in [3.05, 3.63) is 58.9 Å². The predicted octanol–water partition coefficient (Wildman–Crippen LogP) is 2.97. The Balaban J connectivity index is 2.04. The van der Waals surface area contributed by atoms with Gasteiger partial charge in [0, 0.05) is 11.4 Å². The first-order valence-corrected chi connectivity index (χ1v) is 8.48. The van der Waals surface area contributed by atoms with Crippen LogP contribution in [-0.4, -0.2) is 29.3 Å². The first-order chi connectivity index (χ1) is 14.0. The van der Waals surface area contributed by atoms with Crippen molar-refractivity contribution in [3.63, 3.8) is 0 Å². The molecule has 2 atom stereocenters. The number of alkyl halides is 3. The number of carbonyl (C=O) groups excluding carboxylic acids is 2.